The van der Waals surface area contributed by atoms with Crippen LogP contribution in [-0.2, 0) is 0 Å². The largest absolute Gasteiger partial charge is 0.380 e. The van der Waals surface area contributed by atoms with Crippen LogP contribution in [-0.4, -0.2) is 10.1 Å². The molecule has 6 heteroatoms. The van der Waals surface area contributed by atoms with E-state index in [1.165, 1.54) is 12.1 Å². The van der Waals surface area contributed by atoms with Crippen molar-refractivity contribution in [1.82, 2.24) is 10.1 Å². The Balaban J connectivity index is 2.22. The van der Waals surface area contributed by atoms with E-state index in [9.17, 15) is 4.39 Å². The van der Waals surface area contributed by atoms with Crippen molar-refractivity contribution in [1.29, 1.82) is 0 Å². The highest BCUT2D eigenvalue weighted by atomic mass is 35.5. The van der Waals surface area contributed by atoms with Crippen LogP contribution in [0.25, 0.3) is 22.5 Å². The third-order valence-corrected chi connectivity index (χ3v) is 3.39. The average Bonchev–Trinajstić information content (AvgIpc) is 2.81. The Morgan fingerprint density at radius 1 is 1.24 bits per heavy atom. The Kier molecular flexibility index (Phi) is 3.35. The fourth-order valence-corrected chi connectivity index (χ4v) is 2.40. The molecule has 2 heterocycles. The maximum Gasteiger partial charge on any atom is 0.177 e. The number of nitrogens with zero attached hydrogens (tertiary/aromatic N) is 2. The first-order valence-electron chi connectivity index (χ1n) is 6.20. The number of rotatable bonds is 2. The first-order valence-corrected chi connectivity index (χ1v) is 6.57. The van der Waals surface area contributed by atoms with Gasteiger partial charge in [-0.15, -0.1) is 0 Å². The maximum absolute atomic E-state index is 13.2. The molecule has 0 atom stereocenters. The summed E-state index contributed by atoms with van der Waals surface area (Å²) in [5.41, 5.74) is 8.61. The topological polar surface area (TPSA) is 64.9 Å². The highest BCUT2D eigenvalue weighted by Crippen LogP contribution is 2.39. The molecule has 1 aromatic carbocycles. The van der Waals surface area contributed by atoms with Gasteiger partial charge in [-0.25, -0.2) is 4.39 Å². The summed E-state index contributed by atoms with van der Waals surface area (Å²) < 4.78 is 18.5. The van der Waals surface area contributed by atoms with Crippen LogP contribution in [0.2, 0.25) is 5.02 Å². The molecule has 3 rings (SSSR count). The van der Waals surface area contributed by atoms with E-state index in [1.54, 1.807) is 18.3 Å². The number of hydrogen-bond donors (Lipinski definition) is 1. The molecule has 0 spiro atoms. The van der Waals surface area contributed by atoms with Crippen molar-refractivity contribution in [3.05, 3.63) is 53.1 Å². The van der Waals surface area contributed by atoms with Gasteiger partial charge in [-0.3, -0.25) is 4.98 Å². The number of halogens is 2. The molecule has 106 valence electrons. The van der Waals surface area contributed by atoms with Crippen LogP contribution in [0.15, 0.2) is 41.1 Å². The fourth-order valence-electron chi connectivity index (χ4n) is 2.14. The molecule has 0 unspecified atom stereocenters. The summed E-state index contributed by atoms with van der Waals surface area (Å²) >= 11 is 6.11. The van der Waals surface area contributed by atoms with Gasteiger partial charge >= 0.3 is 0 Å². The molecule has 0 saturated heterocycles. The Morgan fingerprint density at radius 3 is 2.76 bits per heavy atom. The van der Waals surface area contributed by atoms with Crippen molar-refractivity contribution < 1.29 is 8.91 Å². The van der Waals surface area contributed by atoms with E-state index in [2.05, 4.69) is 10.1 Å². The lowest BCUT2D eigenvalue weighted by atomic mass is 10.0. The smallest absolute Gasteiger partial charge is 0.177 e. The van der Waals surface area contributed by atoms with E-state index in [0.29, 0.717) is 16.9 Å². The summed E-state index contributed by atoms with van der Waals surface area (Å²) in [6.45, 7) is 1.87. The van der Waals surface area contributed by atoms with Gasteiger partial charge in [-0.1, -0.05) is 16.8 Å². The van der Waals surface area contributed by atoms with Crippen LogP contribution in [0.4, 0.5) is 10.2 Å². The number of nitrogens with two attached hydrogens (primary N) is 1. The Bertz CT molecular complexity index is 816. The number of hydrogen-bond acceptors (Lipinski definition) is 4. The predicted octanol–water partition coefficient (Wildman–Crippen LogP) is 4.09. The zero-order valence-electron chi connectivity index (χ0n) is 11.1. The molecule has 0 aliphatic rings. The number of aryl methyl sites for hydroxylation is 1. The van der Waals surface area contributed by atoms with Crippen molar-refractivity contribution in [3.63, 3.8) is 0 Å². The van der Waals surface area contributed by atoms with Gasteiger partial charge in [0.25, 0.3) is 0 Å². The lowest BCUT2D eigenvalue weighted by Gasteiger charge is -2.05. The third-order valence-electron chi connectivity index (χ3n) is 3.08. The minimum Gasteiger partial charge on any atom is -0.380 e. The normalized spacial score (nSPS) is 10.8. The summed E-state index contributed by atoms with van der Waals surface area (Å²) in [5, 5.41) is 4.04. The lowest BCUT2D eigenvalue weighted by Crippen LogP contribution is -1.91. The van der Waals surface area contributed by atoms with Gasteiger partial charge in [0.15, 0.2) is 11.6 Å². The molecule has 0 aliphatic heterocycles. The second-order valence-corrected chi connectivity index (χ2v) is 4.99. The maximum atomic E-state index is 13.2. The average molecular weight is 304 g/mol. The second kappa shape index (κ2) is 5.18. The quantitative estimate of drug-likeness (QED) is 0.774. The van der Waals surface area contributed by atoms with E-state index >= 15 is 0 Å². The molecule has 0 fully saturated rings. The fraction of sp³-hybridized carbons (Fsp3) is 0.0667. The van der Waals surface area contributed by atoms with E-state index in [1.807, 2.05) is 13.0 Å². The van der Waals surface area contributed by atoms with E-state index < -0.39 is 5.82 Å². The highest BCUT2D eigenvalue weighted by Gasteiger charge is 2.20. The van der Waals surface area contributed by atoms with Gasteiger partial charge in [-0.05, 0) is 37.3 Å². The Morgan fingerprint density at radius 2 is 2.05 bits per heavy atom. The van der Waals surface area contributed by atoms with Gasteiger partial charge in [-0.2, -0.15) is 0 Å². The van der Waals surface area contributed by atoms with Crippen molar-refractivity contribution in [2.75, 3.05) is 5.73 Å². The lowest BCUT2D eigenvalue weighted by molar-refractivity contribution is 0.436. The number of pyridine rings is 1. The van der Waals surface area contributed by atoms with Crippen LogP contribution in [0.1, 0.15) is 5.69 Å². The molecule has 2 aromatic heterocycles. The molecule has 21 heavy (non-hydrogen) atoms. The summed E-state index contributed by atoms with van der Waals surface area (Å²) in [4.78, 5) is 4.13. The molecular formula is C15H11ClFN3O. The molecule has 0 radical (unpaired) electrons. The van der Waals surface area contributed by atoms with E-state index in [0.717, 1.165) is 11.3 Å². The molecular weight excluding hydrogens is 293 g/mol. The molecule has 3 aromatic rings. The SMILES string of the molecule is Cc1cc(-c2onc(N)c2-c2ccc(F)cc2Cl)ccn1. The number of aromatic nitrogens is 2. The van der Waals surface area contributed by atoms with Crippen LogP contribution >= 0.6 is 11.6 Å². The van der Waals surface area contributed by atoms with Gasteiger partial charge in [0, 0.05) is 23.0 Å². The zero-order chi connectivity index (χ0) is 15.0. The first kappa shape index (κ1) is 13.6. The van der Waals surface area contributed by atoms with E-state index in [4.69, 9.17) is 21.9 Å². The Labute approximate surface area is 125 Å². The molecule has 0 aliphatic carbocycles. The third kappa shape index (κ3) is 2.48. The molecule has 0 bridgehead atoms. The standard InChI is InChI=1S/C15H11ClFN3O/c1-8-6-9(4-5-19-8)14-13(15(18)20-21-14)11-3-2-10(17)7-12(11)16/h2-7H,1H3,(H2,18,20). The summed E-state index contributed by atoms with van der Waals surface area (Å²) in [5.74, 6) is 0.263. The summed E-state index contributed by atoms with van der Waals surface area (Å²) in [7, 11) is 0. The van der Waals surface area contributed by atoms with Gasteiger partial charge in [0.05, 0.1) is 10.6 Å². The number of benzene rings is 1. The van der Waals surface area contributed by atoms with Crippen molar-refractivity contribution in [2.45, 2.75) is 6.92 Å². The molecule has 4 nitrogen and oxygen atoms in total. The van der Waals surface area contributed by atoms with Crippen LogP contribution < -0.4 is 5.73 Å². The van der Waals surface area contributed by atoms with Gasteiger partial charge in [0.1, 0.15) is 5.82 Å². The van der Waals surface area contributed by atoms with Crippen molar-refractivity contribution >= 4 is 17.4 Å². The minimum atomic E-state index is -0.417. The molecule has 0 saturated carbocycles. The second-order valence-electron chi connectivity index (χ2n) is 4.58. The molecule has 0 amide bonds. The van der Waals surface area contributed by atoms with Gasteiger partial charge in [0.2, 0.25) is 0 Å². The van der Waals surface area contributed by atoms with Crippen LogP contribution in [0, 0.1) is 12.7 Å². The van der Waals surface area contributed by atoms with E-state index in [-0.39, 0.29) is 10.8 Å². The van der Waals surface area contributed by atoms with Crippen LogP contribution in [0.3, 0.4) is 0 Å². The monoisotopic (exact) mass is 303 g/mol. The predicted molar refractivity (Wildman–Crippen MR) is 79.3 cm³/mol. The number of anilines is 1. The van der Waals surface area contributed by atoms with Crippen molar-refractivity contribution in [2.24, 2.45) is 0 Å². The summed E-state index contributed by atoms with van der Waals surface area (Å²) in [6, 6.07) is 7.73. The Hall–Kier alpha value is -2.40. The van der Waals surface area contributed by atoms with Crippen molar-refractivity contribution in [3.8, 4) is 22.5 Å². The number of nitrogen functional groups attached to an aromatic ring is 1. The highest BCUT2D eigenvalue weighted by molar-refractivity contribution is 6.33. The zero-order valence-corrected chi connectivity index (χ0v) is 11.9. The first-order chi connectivity index (χ1) is 10.1. The summed E-state index contributed by atoms with van der Waals surface area (Å²) in [6.07, 6.45) is 1.67. The van der Waals surface area contributed by atoms with Crippen LogP contribution in [0.5, 0.6) is 0 Å². The minimum absolute atomic E-state index is 0.202. The van der Waals surface area contributed by atoms with Gasteiger partial charge < -0.3 is 10.3 Å². The molecule has 2 N–H and O–H groups in total.